The maximum atomic E-state index is 12.6. The van der Waals surface area contributed by atoms with Gasteiger partial charge in [0, 0.05) is 24.4 Å². The Hall–Kier alpha value is -3.52. The molecule has 3 heterocycles. The second kappa shape index (κ2) is 6.08. The van der Waals surface area contributed by atoms with Crippen molar-refractivity contribution in [2.24, 2.45) is 0 Å². The number of nitrogens with one attached hydrogen (secondary N) is 1. The summed E-state index contributed by atoms with van der Waals surface area (Å²) in [5, 5.41) is 2.80. The minimum atomic E-state index is -0.280. The third-order valence-electron chi connectivity index (χ3n) is 4.39. The van der Waals surface area contributed by atoms with Crippen molar-refractivity contribution in [3.05, 3.63) is 70.3 Å². The number of allylic oxidation sites excluding steroid dienone is 1. The van der Waals surface area contributed by atoms with Gasteiger partial charge in [-0.3, -0.25) is 19.6 Å². The van der Waals surface area contributed by atoms with Crippen LogP contribution in [0, 0.1) is 18.8 Å². The minimum Gasteiger partial charge on any atom is -0.319 e. The molecular weight excluding hydrogens is 326 g/mol. The molecule has 5 nitrogen and oxygen atoms in total. The normalized spacial score (nSPS) is 15.8. The maximum absolute atomic E-state index is 12.6. The van der Waals surface area contributed by atoms with Crippen LogP contribution in [0.25, 0.3) is 11.3 Å². The standard InChI is InChI=1S/C21H15N3O2/c1-3-4-13-6-8-16(23-11-13)20-19-17(25)9-14(18(19)21(26)24-20)15-7-5-12(2)10-22-15/h5-8,10-11H,9H2,1-2H3,(H,24,26). The van der Waals surface area contributed by atoms with Crippen LogP contribution in [0.5, 0.6) is 0 Å². The molecule has 0 aromatic carbocycles. The SMILES string of the molecule is CC#Cc1ccc(C2=C3C(=O)CC(c4ccc(C)cn4)=C3C(=O)N2)nc1. The predicted octanol–water partition coefficient (Wildman–Crippen LogP) is 2.42. The molecule has 0 saturated carbocycles. The molecule has 0 spiro atoms. The smallest absolute Gasteiger partial charge is 0.256 e. The van der Waals surface area contributed by atoms with Crippen molar-refractivity contribution in [3.8, 4) is 11.8 Å². The Labute approximate surface area is 150 Å². The van der Waals surface area contributed by atoms with Gasteiger partial charge in [0.2, 0.25) is 0 Å². The zero-order valence-corrected chi connectivity index (χ0v) is 14.4. The van der Waals surface area contributed by atoms with Gasteiger partial charge in [-0.05, 0) is 43.2 Å². The molecule has 0 saturated heterocycles. The number of rotatable bonds is 2. The number of aryl methyl sites for hydroxylation is 1. The number of pyridine rings is 2. The monoisotopic (exact) mass is 341 g/mol. The number of amides is 1. The lowest BCUT2D eigenvalue weighted by molar-refractivity contribution is -0.116. The molecule has 2 aromatic rings. The molecule has 26 heavy (non-hydrogen) atoms. The molecule has 2 aliphatic rings. The van der Waals surface area contributed by atoms with Gasteiger partial charge in [0.05, 0.1) is 28.2 Å². The first-order valence-electron chi connectivity index (χ1n) is 8.23. The predicted molar refractivity (Wildman–Crippen MR) is 97.4 cm³/mol. The summed E-state index contributed by atoms with van der Waals surface area (Å²) in [5.41, 5.74) is 4.98. The van der Waals surface area contributed by atoms with Gasteiger partial charge < -0.3 is 5.32 Å². The number of hydrogen-bond donors (Lipinski definition) is 1. The van der Waals surface area contributed by atoms with Crippen LogP contribution in [-0.4, -0.2) is 21.7 Å². The van der Waals surface area contributed by atoms with Gasteiger partial charge in [0.25, 0.3) is 5.91 Å². The molecule has 0 atom stereocenters. The summed E-state index contributed by atoms with van der Waals surface area (Å²) in [7, 11) is 0. The van der Waals surface area contributed by atoms with E-state index in [4.69, 9.17) is 0 Å². The van der Waals surface area contributed by atoms with Crippen molar-refractivity contribution in [2.45, 2.75) is 20.3 Å². The van der Waals surface area contributed by atoms with Gasteiger partial charge in [-0.2, -0.15) is 0 Å². The number of carbonyl (C=O) groups excluding carboxylic acids is 2. The Morgan fingerprint density at radius 2 is 1.77 bits per heavy atom. The summed E-state index contributed by atoms with van der Waals surface area (Å²) in [6, 6.07) is 7.35. The first-order chi connectivity index (χ1) is 12.6. The van der Waals surface area contributed by atoms with Crippen molar-refractivity contribution in [1.29, 1.82) is 0 Å². The number of ketones is 1. The van der Waals surface area contributed by atoms with Crippen LogP contribution in [-0.2, 0) is 9.59 Å². The van der Waals surface area contributed by atoms with E-state index < -0.39 is 0 Å². The van der Waals surface area contributed by atoms with Crippen LogP contribution in [0.1, 0.15) is 35.9 Å². The molecule has 1 N–H and O–H groups in total. The summed E-state index contributed by atoms with van der Waals surface area (Å²) < 4.78 is 0. The fourth-order valence-corrected chi connectivity index (χ4v) is 3.20. The van der Waals surface area contributed by atoms with E-state index >= 15 is 0 Å². The zero-order chi connectivity index (χ0) is 18.3. The molecule has 0 fully saturated rings. The molecule has 1 amide bonds. The molecule has 1 aliphatic carbocycles. The molecule has 5 heteroatoms. The van der Waals surface area contributed by atoms with Crippen LogP contribution >= 0.6 is 0 Å². The molecule has 0 radical (unpaired) electrons. The Bertz CT molecular complexity index is 1060. The first kappa shape index (κ1) is 16.0. The Kier molecular flexibility index (Phi) is 3.74. The van der Waals surface area contributed by atoms with Gasteiger partial charge in [-0.25, -0.2) is 0 Å². The van der Waals surface area contributed by atoms with E-state index in [1.165, 1.54) is 0 Å². The maximum Gasteiger partial charge on any atom is 0.256 e. The van der Waals surface area contributed by atoms with Crippen molar-refractivity contribution < 1.29 is 9.59 Å². The molecular formula is C21H15N3O2. The Morgan fingerprint density at radius 1 is 1.00 bits per heavy atom. The van der Waals surface area contributed by atoms with Crippen molar-refractivity contribution in [1.82, 2.24) is 15.3 Å². The Morgan fingerprint density at radius 3 is 2.42 bits per heavy atom. The second-order valence-corrected chi connectivity index (χ2v) is 6.19. The van der Waals surface area contributed by atoms with E-state index in [1.807, 2.05) is 25.1 Å². The van der Waals surface area contributed by atoms with E-state index in [1.54, 1.807) is 25.4 Å². The highest BCUT2D eigenvalue weighted by molar-refractivity contribution is 6.31. The lowest BCUT2D eigenvalue weighted by Gasteiger charge is -2.05. The third kappa shape index (κ3) is 2.52. The quantitative estimate of drug-likeness (QED) is 0.852. The van der Waals surface area contributed by atoms with Crippen LogP contribution in [0.4, 0.5) is 0 Å². The fraction of sp³-hybridized carbons (Fsp3) is 0.143. The van der Waals surface area contributed by atoms with Crippen LogP contribution < -0.4 is 5.32 Å². The van der Waals surface area contributed by atoms with Crippen molar-refractivity contribution >= 4 is 23.0 Å². The molecule has 0 unspecified atom stereocenters. The summed E-state index contributed by atoms with van der Waals surface area (Å²) in [5.74, 6) is 5.36. The van der Waals surface area contributed by atoms with E-state index in [0.717, 1.165) is 11.1 Å². The lowest BCUT2D eigenvalue weighted by Crippen LogP contribution is -2.17. The number of fused-ring (bicyclic) bond motifs is 1. The van der Waals surface area contributed by atoms with Crippen LogP contribution in [0.3, 0.4) is 0 Å². The summed E-state index contributed by atoms with van der Waals surface area (Å²) >= 11 is 0. The summed E-state index contributed by atoms with van der Waals surface area (Å²) in [4.78, 5) is 33.9. The van der Waals surface area contributed by atoms with E-state index in [0.29, 0.717) is 33.8 Å². The van der Waals surface area contributed by atoms with E-state index in [9.17, 15) is 9.59 Å². The molecule has 126 valence electrons. The average Bonchev–Trinajstić information content (AvgIpc) is 3.16. The number of Topliss-reactive ketones (excluding diaryl/α,β-unsaturated/α-hetero) is 1. The topological polar surface area (TPSA) is 72.0 Å². The number of carbonyl (C=O) groups is 2. The average molecular weight is 341 g/mol. The lowest BCUT2D eigenvalue weighted by atomic mass is 10.0. The fourth-order valence-electron chi connectivity index (χ4n) is 3.20. The Balaban J connectivity index is 1.83. The highest BCUT2D eigenvalue weighted by Crippen LogP contribution is 2.41. The molecule has 4 rings (SSSR count). The minimum absolute atomic E-state index is 0.0926. The van der Waals surface area contributed by atoms with Gasteiger partial charge in [-0.15, -0.1) is 5.92 Å². The molecule has 0 bridgehead atoms. The van der Waals surface area contributed by atoms with Gasteiger partial charge in [0.1, 0.15) is 0 Å². The number of nitrogens with zero attached hydrogens (tertiary/aromatic N) is 2. The first-order valence-corrected chi connectivity index (χ1v) is 8.23. The van der Waals surface area contributed by atoms with Crippen LogP contribution in [0.15, 0.2) is 47.8 Å². The second-order valence-electron chi connectivity index (χ2n) is 6.19. The van der Waals surface area contributed by atoms with Crippen molar-refractivity contribution in [2.75, 3.05) is 0 Å². The molecule has 1 aliphatic heterocycles. The van der Waals surface area contributed by atoms with E-state index in [2.05, 4.69) is 27.1 Å². The van der Waals surface area contributed by atoms with Gasteiger partial charge >= 0.3 is 0 Å². The van der Waals surface area contributed by atoms with Gasteiger partial charge in [-0.1, -0.05) is 12.0 Å². The van der Waals surface area contributed by atoms with Crippen molar-refractivity contribution in [3.63, 3.8) is 0 Å². The summed E-state index contributed by atoms with van der Waals surface area (Å²) in [6.45, 7) is 3.70. The largest absolute Gasteiger partial charge is 0.319 e. The molecule has 2 aromatic heterocycles. The van der Waals surface area contributed by atoms with Gasteiger partial charge in [0.15, 0.2) is 5.78 Å². The highest BCUT2D eigenvalue weighted by atomic mass is 16.2. The highest BCUT2D eigenvalue weighted by Gasteiger charge is 2.41. The van der Waals surface area contributed by atoms with Crippen LogP contribution in [0.2, 0.25) is 0 Å². The zero-order valence-electron chi connectivity index (χ0n) is 14.4. The number of aromatic nitrogens is 2. The third-order valence-corrected chi connectivity index (χ3v) is 4.39. The summed E-state index contributed by atoms with van der Waals surface area (Å²) in [6.07, 6.45) is 3.55. The van der Waals surface area contributed by atoms with E-state index in [-0.39, 0.29) is 18.1 Å². The number of hydrogen-bond acceptors (Lipinski definition) is 4.